The van der Waals surface area contributed by atoms with E-state index in [0.717, 1.165) is 71.5 Å². The molecule has 0 bridgehead atoms. The van der Waals surface area contributed by atoms with E-state index in [1.54, 1.807) is 0 Å². The predicted molar refractivity (Wildman–Crippen MR) is 131 cm³/mol. The van der Waals surface area contributed by atoms with Gasteiger partial charge in [-0.15, -0.1) is 0 Å². The van der Waals surface area contributed by atoms with E-state index in [1.807, 2.05) is 0 Å². The van der Waals surface area contributed by atoms with Crippen molar-refractivity contribution in [2.45, 2.75) is 52.4 Å². The van der Waals surface area contributed by atoms with Gasteiger partial charge in [0, 0.05) is 39.3 Å². The summed E-state index contributed by atoms with van der Waals surface area (Å²) in [4.78, 5) is 9.04. The fourth-order valence-electron chi connectivity index (χ4n) is 3.07. The van der Waals surface area contributed by atoms with Gasteiger partial charge in [-0.3, -0.25) is 20.2 Å². The van der Waals surface area contributed by atoms with Gasteiger partial charge < -0.3 is 22.5 Å². The van der Waals surface area contributed by atoms with Crippen molar-refractivity contribution in [3.63, 3.8) is 0 Å². The molecule has 0 aromatic carbocycles. The van der Waals surface area contributed by atoms with Gasteiger partial charge >= 0.3 is 0 Å². The number of unbranched alkanes of at least 4 members (excludes halogenated alkanes) is 1. The number of guanidine groups is 2. The maximum absolute atomic E-state index is 7.25. The van der Waals surface area contributed by atoms with Crippen LogP contribution in [0.3, 0.4) is 0 Å². The highest BCUT2D eigenvalue weighted by molar-refractivity contribution is 5.75. The van der Waals surface area contributed by atoms with Gasteiger partial charge in [-0.05, 0) is 51.6 Å². The van der Waals surface area contributed by atoms with Gasteiger partial charge in [-0.2, -0.15) is 0 Å². The van der Waals surface area contributed by atoms with E-state index in [-0.39, 0.29) is 11.9 Å². The third-order valence-electron chi connectivity index (χ3n) is 4.62. The fourth-order valence-corrected chi connectivity index (χ4v) is 3.07. The molecule has 0 aliphatic carbocycles. The highest BCUT2D eigenvalue weighted by Crippen LogP contribution is 2.02. The summed E-state index contributed by atoms with van der Waals surface area (Å²) in [7, 11) is 0. The lowest BCUT2D eigenvalue weighted by molar-refractivity contribution is 0.262. The third-order valence-corrected chi connectivity index (χ3v) is 4.62. The zero-order valence-electron chi connectivity index (χ0n) is 19.3. The van der Waals surface area contributed by atoms with Crippen LogP contribution in [0.5, 0.6) is 0 Å². The Kier molecular flexibility index (Phi) is 18.8. The zero-order chi connectivity index (χ0) is 22.5. The summed E-state index contributed by atoms with van der Waals surface area (Å²) < 4.78 is 0. The quantitative estimate of drug-likeness (QED) is 0.0933. The average molecular weight is 423 g/mol. The molecule has 8 N–H and O–H groups in total. The van der Waals surface area contributed by atoms with Gasteiger partial charge in [0.1, 0.15) is 0 Å². The van der Waals surface area contributed by atoms with Crippen LogP contribution >= 0.6 is 0 Å². The molecule has 0 aromatic rings. The molecule has 30 heavy (non-hydrogen) atoms. The molecule has 0 rings (SSSR count). The lowest BCUT2D eigenvalue weighted by atomic mass is 10.2. The Bertz CT molecular complexity index is 497. The number of rotatable bonds is 19. The minimum absolute atomic E-state index is 0.0458. The largest absolute Gasteiger partial charge is 0.370 e. The summed E-state index contributed by atoms with van der Waals surface area (Å²) >= 11 is 0. The molecule has 0 unspecified atom stereocenters. The first-order valence-corrected chi connectivity index (χ1v) is 11.4. The molecule has 8 nitrogen and oxygen atoms in total. The molecule has 0 radical (unpaired) electrons. The summed E-state index contributed by atoms with van der Waals surface area (Å²) in [6.45, 7) is 11.9. The van der Waals surface area contributed by atoms with E-state index in [1.165, 1.54) is 12.8 Å². The molecule has 0 saturated heterocycles. The predicted octanol–water partition coefficient (Wildman–Crippen LogP) is 1.84. The SMILES string of the molecule is CCC=CCN(CCCCN(CC=CCC)CCCNC(=N)N)CCCN=C(N)N. The van der Waals surface area contributed by atoms with Crippen molar-refractivity contribution in [3.8, 4) is 0 Å². The molecule has 0 aliphatic rings. The summed E-state index contributed by atoms with van der Waals surface area (Å²) in [6.07, 6.45) is 15.4. The normalized spacial score (nSPS) is 11.7. The van der Waals surface area contributed by atoms with Gasteiger partial charge in [0.25, 0.3) is 0 Å². The van der Waals surface area contributed by atoms with Gasteiger partial charge in [0.15, 0.2) is 11.9 Å². The van der Waals surface area contributed by atoms with E-state index in [2.05, 4.69) is 58.3 Å². The van der Waals surface area contributed by atoms with E-state index < -0.39 is 0 Å². The molecule has 0 saturated carbocycles. The summed E-state index contributed by atoms with van der Waals surface area (Å²) in [5.74, 6) is 0.215. The number of hydrogen-bond donors (Lipinski definition) is 5. The molecular weight excluding hydrogens is 376 g/mol. The second-order valence-corrected chi connectivity index (χ2v) is 7.42. The summed E-state index contributed by atoms with van der Waals surface area (Å²) in [6, 6.07) is 0. The van der Waals surface area contributed by atoms with E-state index in [9.17, 15) is 0 Å². The summed E-state index contributed by atoms with van der Waals surface area (Å²) in [5.41, 5.74) is 16.2. The van der Waals surface area contributed by atoms with Gasteiger partial charge in [-0.1, -0.05) is 38.2 Å². The number of hydrogen-bond acceptors (Lipinski definition) is 4. The molecule has 0 aromatic heterocycles. The van der Waals surface area contributed by atoms with Gasteiger partial charge in [0.05, 0.1) is 0 Å². The van der Waals surface area contributed by atoms with Crippen LogP contribution < -0.4 is 22.5 Å². The molecule has 0 fully saturated rings. The van der Waals surface area contributed by atoms with Crippen LogP contribution in [0.4, 0.5) is 0 Å². The Balaban J connectivity index is 4.35. The lowest BCUT2D eigenvalue weighted by Gasteiger charge is -2.23. The van der Waals surface area contributed by atoms with Crippen LogP contribution in [0.2, 0.25) is 0 Å². The molecule has 0 spiro atoms. The minimum atomic E-state index is 0.0458. The average Bonchev–Trinajstić information content (AvgIpc) is 2.70. The molecule has 0 heterocycles. The van der Waals surface area contributed by atoms with Gasteiger partial charge in [0.2, 0.25) is 0 Å². The first-order chi connectivity index (χ1) is 14.5. The highest BCUT2D eigenvalue weighted by Gasteiger charge is 2.06. The van der Waals surface area contributed by atoms with Crippen LogP contribution in [-0.4, -0.2) is 74.1 Å². The standard InChI is InChI=1S/C22H46N8/c1-3-5-7-15-29(19-11-13-27-21(23)24)17-9-10-18-30(16-8-6-4-2)20-12-14-28-22(25)26/h5-8H,3-4,9-20H2,1-2H3,(H4,23,24,27)(H4,25,26,28). The van der Waals surface area contributed by atoms with Gasteiger partial charge in [-0.25, -0.2) is 0 Å². The molecule has 0 atom stereocenters. The second-order valence-electron chi connectivity index (χ2n) is 7.42. The van der Waals surface area contributed by atoms with Crippen LogP contribution in [0, 0.1) is 5.41 Å². The van der Waals surface area contributed by atoms with Crippen molar-refractivity contribution in [1.82, 2.24) is 15.1 Å². The minimum Gasteiger partial charge on any atom is -0.370 e. The van der Waals surface area contributed by atoms with Crippen molar-refractivity contribution >= 4 is 11.9 Å². The third kappa shape index (κ3) is 19.3. The van der Waals surface area contributed by atoms with E-state index in [0.29, 0.717) is 6.54 Å². The smallest absolute Gasteiger partial charge is 0.185 e. The van der Waals surface area contributed by atoms with Crippen LogP contribution in [0.1, 0.15) is 52.4 Å². The fraction of sp³-hybridized carbons (Fsp3) is 0.727. The maximum Gasteiger partial charge on any atom is 0.185 e. The second kappa shape index (κ2) is 20.2. The molecule has 8 heteroatoms. The molecule has 174 valence electrons. The lowest BCUT2D eigenvalue weighted by Crippen LogP contribution is -2.34. The number of aliphatic imine (C=N–C) groups is 1. The number of nitrogens with one attached hydrogen (secondary N) is 2. The van der Waals surface area contributed by atoms with E-state index >= 15 is 0 Å². The zero-order valence-corrected chi connectivity index (χ0v) is 19.3. The Labute approximate surface area is 184 Å². The number of allylic oxidation sites excluding steroid dienone is 2. The monoisotopic (exact) mass is 422 g/mol. The van der Waals surface area contributed by atoms with E-state index in [4.69, 9.17) is 22.6 Å². The van der Waals surface area contributed by atoms with Crippen molar-refractivity contribution in [1.29, 1.82) is 5.41 Å². The molecular formula is C22H46N8. The van der Waals surface area contributed by atoms with Crippen molar-refractivity contribution in [3.05, 3.63) is 24.3 Å². The van der Waals surface area contributed by atoms with Crippen LogP contribution in [0.25, 0.3) is 0 Å². The number of nitrogens with two attached hydrogens (primary N) is 3. The molecule has 0 amide bonds. The highest BCUT2D eigenvalue weighted by atomic mass is 15.1. The maximum atomic E-state index is 7.25. The van der Waals surface area contributed by atoms with Crippen molar-refractivity contribution in [2.75, 3.05) is 52.4 Å². The van der Waals surface area contributed by atoms with Crippen LogP contribution in [-0.2, 0) is 0 Å². The topological polar surface area (TPSA) is 133 Å². The first kappa shape index (κ1) is 27.9. The number of nitrogens with zero attached hydrogens (tertiary/aromatic N) is 3. The van der Waals surface area contributed by atoms with Crippen molar-refractivity contribution in [2.24, 2.45) is 22.2 Å². The first-order valence-electron chi connectivity index (χ1n) is 11.4. The Morgan fingerprint density at radius 1 is 0.800 bits per heavy atom. The Morgan fingerprint density at radius 3 is 1.77 bits per heavy atom. The molecule has 0 aliphatic heterocycles. The van der Waals surface area contributed by atoms with Crippen LogP contribution in [0.15, 0.2) is 29.3 Å². The Morgan fingerprint density at radius 2 is 1.30 bits per heavy atom. The Hall–Kier alpha value is -2.06. The summed E-state index contributed by atoms with van der Waals surface area (Å²) in [5, 5.41) is 10.1. The van der Waals surface area contributed by atoms with Crippen molar-refractivity contribution < 1.29 is 0 Å².